The van der Waals surface area contributed by atoms with E-state index in [1.807, 2.05) is 29.2 Å². The van der Waals surface area contributed by atoms with Gasteiger partial charge in [0, 0.05) is 39.3 Å². The number of urea groups is 1. The number of piperazine rings is 1. The van der Waals surface area contributed by atoms with Crippen LogP contribution in [0, 0.1) is 0 Å². The van der Waals surface area contributed by atoms with Crippen molar-refractivity contribution in [3.05, 3.63) is 29.8 Å². The Hall–Kier alpha value is -2.28. The standard InChI is InChI=1S/C18H25N3O4/c1-24-15-6-4-14(5-7-15)13-19-18(23)21-10-8-20(9-11-21)17(22)16-3-2-12-25-16/h4-7,16H,2-3,8-13H2,1H3,(H,19,23)/t16-/m1/s1. The molecule has 1 atom stereocenters. The highest BCUT2D eigenvalue weighted by Crippen LogP contribution is 2.16. The topological polar surface area (TPSA) is 71.1 Å². The highest BCUT2D eigenvalue weighted by atomic mass is 16.5. The zero-order valence-electron chi connectivity index (χ0n) is 14.6. The summed E-state index contributed by atoms with van der Waals surface area (Å²) in [6, 6.07) is 7.50. The molecule has 2 fully saturated rings. The zero-order valence-corrected chi connectivity index (χ0v) is 14.6. The lowest BCUT2D eigenvalue weighted by molar-refractivity contribution is -0.142. The minimum Gasteiger partial charge on any atom is -0.497 e. The molecule has 0 aliphatic carbocycles. The predicted octanol–water partition coefficient (Wildman–Crippen LogP) is 1.23. The van der Waals surface area contributed by atoms with E-state index < -0.39 is 0 Å². The number of hydrogen-bond donors (Lipinski definition) is 1. The van der Waals surface area contributed by atoms with Crippen molar-refractivity contribution in [1.82, 2.24) is 15.1 Å². The molecule has 2 aliphatic rings. The summed E-state index contributed by atoms with van der Waals surface area (Å²) in [5, 5.41) is 2.92. The molecule has 7 nitrogen and oxygen atoms in total. The number of methoxy groups -OCH3 is 1. The monoisotopic (exact) mass is 347 g/mol. The van der Waals surface area contributed by atoms with Crippen molar-refractivity contribution in [1.29, 1.82) is 0 Å². The molecule has 0 unspecified atom stereocenters. The van der Waals surface area contributed by atoms with Crippen LogP contribution in [0.3, 0.4) is 0 Å². The van der Waals surface area contributed by atoms with Gasteiger partial charge < -0.3 is 24.6 Å². The van der Waals surface area contributed by atoms with Crippen LogP contribution in [0.4, 0.5) is 4.79 Å². The molecule has 7 heteroatoms. The van der Waals surface area contributed by atoms with E-state index in [9.17, 15) is 9.59 Å². The number of benzene rings is 1. The fraction of sp³-hybridized carbons (Fsp3) is 0.556. The maximum atomic E-state index is 12.3. The van der Waals surface area contributed by atoms with Crippen molar-refractivity contribution in [2.45, 2.75) is 25.5 Å². The quantitative estimate of drug-likeness (QED) is 0.889. The summed E-state index contributed by atoms with van der Waals surface area (Å²) < 4.78 is 10.6. The SMILES string of the molecule is COc1ccc(CNC(=O)N2CCN(C(=O)[C@H]3CCCO3)CC2)cc1. The summed E-state index contributed by atoms with van der Waals surface area (Å²) in [6.45, 7) is 3.37. The molecule has 2 heterocycles. The zero-order chi connectivity index (χ0) is 17.6. The molecular formula is C18H25N3O4. The van der Waals surface area contributed by atoms with Crippen molar-refractivity contribution in [3.8, 4) is 5.75 Å². The van der Waals surface area contributed by atoms with Gasteiger partial charge in [-0.25, -0.2) is 4.79 Å². The first kappa shape index (κ1) is 17.5. The van der Waals surface area contributed by atoms with Gasteiger partial charge in [0.05, 0.1) is 7.11 Å². The molecule has 3 amide bonds. The maximum Gasteiger partial charge on any atom is 0.317 e. The second-order valence-electron chi connectivity index (χ2n) is 6.32. The Morgan fingerprint density at radius 1 is 1.16 bits per heavy atom. The van der Waals surface area contributed by atoms with Crippen LogP contribution >= 0.6 is 0 Å². The molecule has 3 rings (SSSR count). The van der Waals surface area contributed by atoms with E-state index in [1.165, 1.54) is 0 Å². The van der Waals surface area contributed by atoms with E-state index in [1.54, 1.807) is 12.0 Å². The first-order valence-corrected chi connectivity index (χ1v) is 8.73. The molecule has 0 aromatic heterocycles. The van der Waals surface area contributed by atoms with Gasteiger partial charge >= 0.3 is 6.03 Å². The molecule has 0 spiro atoms. The van der Waals surface area contributed by atoms with E-state index >= 15 is 0 Å². The smallest absolute Gasteiger partial charge is 0.317 e. The highest BCUT2D eigenvalue weighted by molar-refractivity contribution is 5.81. The third kappa shape index (κ3) is 4.42. The van der Waals surface area contributed by atoms with Gasteiger partial charge in [-0.2, -0.15) is 0 Å². The molecule has 1 aromatic rings. The van der Waals surface area contributed by atoms with Crippen LogP contribution in [0.1, 0.15) is 18.4 Å². The number of nitrogens with zero attached hydrogens (tertiary/aromatic N) is 2. The summed E-state index contributed by atoms with van der Waals surface area (Å²) >= 11 is 0. The largest absolute Gasteiger partial charge is 0.497 e. The minimum atomic E-state index is -0.282. The van der Waals surface area contributed by atoms with E-state index in [4.69, 9.17) is 9.47 Å². The molecule has 0 radical (unpaired) electrons. The second kappa shape index (κ2) is 8.20. The molecular weight excluding hydrogens is 322 g/mol. The van der Waals surface area contributed by atoms with Crippen LogP contribution in [0.15, 0.2) is 24.3 Å². The molecule has 1 aromatic carbocycles. The van der Waals surface area contributed by atoms with Crippen molar-refractivity contribution < 1.29 is 19.1 Å². The van der Waals surface area contributed by atoms with E-state index in [0.717, 1.165) is 24.2 Å². The van der Waals surface area contributed by atoms with Gasteiger partial charge in [0.15, 0.2) is 0 Å². The molecule has 25 heavy (non-hydrogen) atoms. The summed E-state index contributed by atoms with van der Waals surface area (Å²) in [7, 11) is 1.63. The van der Waals surface area contributed by atoms with Crippen LogP contribution in [0.5, 0.6) is 5.75 Å². The van der Waals surface area contributed by atoms with Crippen molar-refractivity contribution in [2.75, 3.05) is 39.9 Å². The number of rotatable bonds is 4. The fourth-order valence-corrected chi connectivity index (χ4v) is 3.14. The molecule has 1 N–H and O–H groups in total. The lowest BCUT2D eigenvalue weighted by Crippen LogP contribution is -2.54. The second-order valence-corrected chi connectivity index (χ2v) is 6.32. The fourth-order valence-electron chi connectivity index (χ4n) is 3.14. The highest BCUT2D eigenvalue weighted by Gasteiger charge is 2.31. The molecule has 0 saturated carbocycles. The Labute approximate surface area is 147 Å². The number of carbonyl (C=O) groups is 2. The summed E-state index contributed by atoms with van der Waals surface area (Å²) in [6.07, 6.45) is 1.47. The first-order valence-electron chi connectivity index (χ1n) is 8.73. The van der Waals surface area contributed by atoms with Crippen LogP contribution in [0.25, 0.3) is 0 Å². The minimum absolute atomic E-state index is 0.0655. The van der Waals surface area contributed by atoms with Crippen LogP contribution in [0.2, 0.25) is 0 Å². The first-order chi connectivity index (χ1) is 12.2. The third-order valence-electron chi connectivity index (χ3n) is 4.69. The van der Waals surface area contributed by atoms with Crippen molar-refractivity contribution >= 4 is 11.9 Å². The van der Waals surface area contributed by atoms with E-state index in [0.29, 0.717) is 39.3 Å². The van der Waals surface area contributed by atoms with Gasteiger partial charge in [-0.05, 0) is 30.5 Å². The predicted molar refractivity (Wildman–Crippen MR) is 92.4 cm³/mol. The Morgan fingerprint density at radius 2 is 1.84 bits per heavy atom. The van der Waals surface area contributed by atoms with Crippen LogP contribution in [-0.4, -0.2) is 67.7 Å². The van der Waals surface area contributed by atoms with Crippen LogP contribution < -0.4 is 10.1 Å². The molecule has 2 aliphatic heterocycles. The number of amides is 3. The van der Waals surface area contributed by atoms with Gasteiger partial charge in [0.2, 0.25) is 0 Å². The Kier molecular flexibility index (Phi) is 5.75. The van der Waals surface area contributed by atoms with Crippen molar-refractivity contribution in [2.24, 2.45) is 0 Å². The summed E-state index contributed by atoms with van der Waals surface area (Å²) in [4.78, 5) is 28.2. The molecule has 0 bridgehead atoms. The number of nitrogens with one attached hydrogen (secondary N) is 1. The molecule has 2 saturated heterocycles. The number of hydrogen-bond acceptors (Lipinski definition) is 4. The maximum absolute atomic E-state index is 12.3. The summed E-state index contributed by atoms with van der Waals surface area (Å²) in [5.41, 5.74) is 1.02. The van der Waals surface area contributed by atoms with E-state index in [2.05, 4.69) is 5.32 Å². The number of ether oxygens (including phenoxy) is 2. The lowest BCUT2D eigenvalue weighted by Gasteiger charge is -2.35. The lowest BCUT2D eigenvalue weighted by atomic mass is 10.2. The summed E-state index contributed by atoms with van der Waals surface area (Å²) in [5.74, 6) is 0.859. The Bertz CT molecular complexity index is 591. The number of carbonyl (C=O) groups excluding carboxylic acids is 2. The van der Waals surface area contributed by atoms with Gasteiger partial charge in [-0.3, -0.25) is 4.79 Å². The van der Waals surface area contributed by atoms with Gasteiger partial charge in [-0.1, -0.05) is 12.1 Å². The van der Waals surface area contributed by atoms with Gasteiger partial charge in [0.1, 0.15) is 11.9 Å². The van der Waals surface area contributed by atoms with Crippen molar-refractivity contribution in [3.63, 3.8) is 0 Å². The Balaban J connectivity index is 1.42. The van der Waals surface area contributed by atoms with Crippen LogP contribution in [-0.2, 0) is 16.1 Å². The molecule has 136 valence electrons. The van der Waals surface area contributed by atoms with E-state index in [-0.39, 0.29) is 18.0 Å². The third-order valence-corrected chi connectivity index (χ3v) is 4.69. The van der Waals surface area contributed by atoms with Gasteiger partial charge in [0.25, 0.3) is 5.91 Å². The average Bonchev–Trinajstić information content (AvgIpc) is 3.21. The average molecular weight is 347 g/mol. The van der Waals surface area contributed by atoms with Gasteiger partial charge in [-0.15, -0.1) is 0 Å². The normalized spacial score (nSPS) is 20.4. The Morgan fingerprint density at radius 3 is 2.44 bits per heavy atom.